The minimum atomic E-state index is 0.837. The number of nitrogens with one attached hydrogen (secondary N) is 1. The van der Waals surface area contributed by atoms with Crippen LogP contribution in [0.4, 0.5) is 0 Å². The smallest absolute Gasteiger partial charge is 0.118 e. The first-order chi connectivity index (χ1) is 9.19. The lowest BCUT2D eigenvalue weighted by atomic mass is 10.1. The fourth-order valence-corrected chi connectivity index (χ4v) is 3.07. The third kappa shape index (κ3) is 4.36. The summed E-state index contributed by atoms with van der Waals surface area (Å²) in [4.78, 5) is 2.45. The molecule has 0 unspecified atom stereocenters. The van der Waals surface area contributed by atoms with E-state index in [-0.39, 0.29) is 0 Å². The van der Waals surface area contributed by atoms with Crippen molar-refractivity contribution in [1.29, 1.82) is 0 Å². The predicted molar refractivity (Wildman–Crippen MR) is 79.1 cm³/mol. The zero-order chi connectivity index (χ0) is 13.7. The second kappa shape index (κ2) is 7.11. The highest BCUT2D eigenvalue weighted by Crippen LogP contribution is 2.26. The van der Waals surface area contributed by atoms with Crippen molar-refractivity contribution in [1.82, 2.24) is 10.2 Å². The molecule has 0 atom stereocenters. The van der Waals surface area contributed by atoms with Crippen LogP contribution in [0.1, 0.15) is 49.7 Å². The Hall–Kier alpha value is -0.800. The normalized spacial score (nSPS) is 16.6. The number of rotatable bonds is 7. The molecule has 2 rings (SSSR count). The average molecular weight is 264 g/mol. The molecule has 108 valence electrons. The molecule has 1 heterocycles. The van der Waals surface area contributed by atoms with Gasteiger partial charge in [-0.05, 0) is 45.3 Å². The Balaban J connectivity index is 1.84. The highest BCUT2D eigenvalue weighted by molar-refractivity contribution is 5.20. The van der Waals surface area contributed by atoms with Gasteiger partial charge in [0.2, 0.25) is 0 Å². The molecular formula is C16H28N2O. The Morgan fingerprint density at radius 3 is 2.79 bits per heavy atom. The molecule has 0 bridgehead atoms. The zero-order valence-electron chi connectivity index (χ0n) is 12.7. The maximum absolute atomic E-state index is 5.80. The van der Waals surface area contributed by atoms with Gasteiger partial charge in [-0.1, -0.05) is 19.8 Å². The van der Waals surface area contributed by atoms with E-state index >= 15 is 0 Å². The van der Waals surface area contributed by atoms with E-state index in [0.29, 0.717) is 0 Å². The van der Waals surface area contributed by atoms with Crippen LogP contribution in [0.25, 0.3) is 0 Å². The van der Waals surface area contributed by atoms with Gasteiger partial charge in [-0.25, -0.2) is 0 Å². The summed E-state index contributed by atoms with van der Waals surface area (Å²) in [6.45, 7) is 8.26. The molecule has 0 spiro atoms. The summed E-state index contributed by atoms with van der Waals surface area (Å²) in [7, 11) is 2.23. The van der Waals surface area contributed by atoms with E-state index in [1.165, 1.54) is 37.8 Å². The number of hydrogen-bond donors (Lipinski definition) is 1. The number of furan rings is 1. The minimum Gasteiger partial charge on any atom is -0.465 e. The molecule has 1 aromatic rings. The van der Waals surface area contributed by atoms with Gasteiger partial charge in [-0.3, -0.25) is 0 Å². The van der Waals surface area contributed by atoms with Crippen LogP contribution < -0.4 is 5.32 Å². The first kappa shape index (κ1) is 14.6. The summed E-state index contributed by atoms with van der Waals surface area (Å²) in [5, 5.41) is 3.31. The number of nitrogens with zero attached hydrogens (tertiary/aromatic N) is 1. The molecule has 0 amide bonds. The van der Waals surface area contributed by atoms with Gasteiger partial charge in [0.05, 0.1) is 6.54 Å². The van der Waals surface area contributed by atoms with Crippen LogP contribution in [0.15, 0.2) is 10.5 Å². The fourth-order valence-electron chi connectivity index (χ4n) is 3.07. The molecule has 1 aliphatic carbocycles. The molecule has 0 aromatic carbocycles. The summed E-state index contributed by atoms with van der Waals surface area (Å²) >= 11 is 0. The molecule has 1 saturated carbocycles. The Bertz CT molecular complexity index is 380. The maximum Gasteiger partial charge on any atom is 0.118 e. The van der Waals surface area contributed by atoms with Gasteiger partial charge in [0.1, 0.15) is 11.5 Å². The Morgan fingerprint density at radius 1 is 1.37 bits per heavy atom. The summed E-state index contributed by atoms with van der Waals surface area (Å²) in [6.07, 6.45) is 5.69. The number of hydrogen-bond acceptors (Lipinski definition) is 3. The lowest BCUT2D eigenvalue weighted by Crippen LogP contribution is -2.24. The van der Waals surface area contributed by atoms with Crippen LogP contribution in [-0.2, 0) is 13.1 Å². The van der Waals surface area contributed by atoms with Crippen LogP contribution >= 0.6 is 0 Å². The SMILES string of the molecule is CCNCc1cc(CN(C)CC2CCCC2)c(C)o1. The van der Waals surface area contributed by atoms with E-state index in [9.17, 15) is 0 Å². The van der Waals surface area contributed by atoms with Gasteiger partial charge in [0.25, 0.3) is 0 Å². The number of aryl methyl sites for hydroxylation is 1. The molecule has 0 saturated heterocycles. The largest absolute Gasteiger partial charge is 0.465 e. The van der Waals surface area contributed by atoms with Gasteiger partial charge in [-0.2, -0.15) is 0 Å². The molecule has 1 aromatic heterocycles. The summed E-state index contributed by atoms with van der Waals surface area (Å²) in [5.74, 6) is 3.05. The third-order valence-electron chi connectivity index (χ3n) is 4.11. The molecular weight excluding hydrogens is 236 g/mol. The van der Waals surface area contributed by atoms with Crippen molar-refractivity contribution in [2.24, 2.45) is 5.92 Å². The van der Waals surface area contributed by atoms with Gasteiger partial charge in [-0.15, -0.1) is 0 Å². The Morgan fingerprint density at radius 2 is 2.11 bits per heavy atom. The highest BCUT2D eigenvalue weighted by Gasteiger charge is 2.17. The lowest BCUT2D eigenvalue weighted by molar-refractivity contribution is 0.269. The second-order valence-corrected chi connectivity index (χ2v) is 5.92. The first-order valence-corrected chi connectivity index (χ1v) is 7.66. The third-order valence-corrected chi connectivity index (χ3v) is 4.11. The van der Waals surface area contributed by atoms with E-state index in [0.717, 1.165) is 37.1 Å². The zero-order valence-corrected chi connectivity index (χ0v) is 12.7. The van der Waals surface area contributed by atoms with Gasteiger partial charge in [0.15, 0.2) is 0 Å². The van der Waals surface area contributed by atoms with E-state index in [1.54, 1.807) is 0 Å². The molecule has 19 heavy (non-hydrogen) atoms. The summed E-state index contributed by atoms with van der Waals surface area (Å²) in [5.41, 5.74) is 1.34. The molecule has 0 aliphatic heterocycles. The predicted octanol–water partition coefficient (Wildman–Crippen LogP) is 3.32. The average Bonchev–Trinajstić information content (AvgIpc) is 2.98. The van der Waals surface area contributed by atoms with Crippen LogP contribution in [0.2, 0.25) is 0 Å². The van der Waals surface area contributed by atoms with E-state index in [2.05, 4.69) is 37.2 Å². The van der Waals surface area contributed by atoms with Crippen LogP contribution in [0.5, 0.6) is 0 Å². The van der Waals surface area contributed by atoms with Crippen molar-refractivity contribution in [2.45, 2.75) is 52.6 Å². The molecule has 0 radical (unpaired) electrons. The standard InChI is InChI=1S/C16H28N2O/c1-4-17-10-16-9-15(13(2)19-16)12-18(3)11-14-7-5-6-8-14/h9,14,17H,4-8,10-12H2,1-3H3. The Kier molecular flexibility index (Phi) is 5.46. The molecule has 1 fully saturated rings. The van der Waals surface area contributed by atoms with Crippen molar-refractivity contribution in [2.75, 3.05) is 20.1 Å². The summed E-state index contributed by atoms with van der Waals surface area (Å²) < 4.78 is 5.80. The fraction of sp³-hybridized carbons (Fsp3) is 0.750. The first-order valence-electron chi connectivity index (χ1n) is 7.66. The van der Waals surface area contributed by atoms with E-state index < -0.39 is 0 Å². The molecule has 1 N–H and O–H groups in total. The van der Waals surface area contributed by atoms with Gasteiger partial charge in [0, 0.05) is 18.7 Å². The van der Waals surface area contributed by atoms with Crippen LogP contribution in [0, 0.1) is 12.8 Å². The highest BCUT2D eigenvalue weighted by atomic mass is 16.3. The van der Waals surface area contributed by atoms with Crippen LogP contribution in [-0.4, -0.2) is 25.0 Å². The second-order valence-electron chi connectivity index (χ2n) is 5.92. The maximum atomic E-state index is 5.80. The molecule has 3 nitrogen and oxygen atoms in total. The van der Waals surface area contributed by atoms with Crippen molar-refractivity contribution in [3.05, 3.63) is 23.2 Å². The van der Waals surface area contributed by atoms with Crippen molar-refractivity contribution >= 4 is 0 Å². The van der Waals surface area contributed by atoms with Crippen molar-refractivity contribution < 1.29 is 4.42 Å². The summed E-state index contributed by atoms with van der Waals surface area (Å²) in [6, 6.07) is 2.21. The lowest BCUT2D eigenvalue weighted by Gasteiger charge is -2.20. The molecule has 3 heteroatoms. The van der Waals surface area contributed by atoms with Crippen LogP contribution in [0.3, 0.4) is 0 Å². The van der Waals surface area contributed by atoms with Crippen molar-refractivity contribution in [3.63, 3.8) is 0 Å². The van der Waals surface area contributed by atoms with Gasteiger partial charge >= 0.3 is 0 Å². The van der Waals surface area contributed by atoms with E-state index in [4.69, 9.17) is 4.42 Å². The quantitative estimate of drug-likeness (QED) is 0.819. The monoisotopic (exact) mass is 264 g/mol. The Labute approximate surface area is 117 Å². The van der Waals surface area contributed by atoms with Crippen molar-refractivity contribution in [3.8, 4) is 0 Å². The molecule has 1 aliphatic rings. The topological polar surface area (TPSA) is 28.4 Å². The van der Waals surface area contributed by atoms with Gasteiger partial charge < -0.3 is 14.6 Å². The minimum absolute atomic E-state index is 0.837. The van der Waals surface area contributed by atoms with E-state index in [1.807, 2.05) is 0 Å².